The fourth-order valence-corrected chi connectivity index (χ4v) is 3.55. The third kappa shape index (κ3) is 3.90. The molecule has 0 amide bonds. The van der Waals surface area contributed by atoms with Gasteiger partial charge in [0.15, 0.2) is 0 Å². The molecule has 1 aromatic carbocycles. The number of benzene rings is 1. The van der Waals surface area contributed by atoms with E-state index >= 15 is 0 Å². The maximum atomic E-state index is 11.9. The van der Waals surface area contributed by atoms with Crippen LogP contribution in [0.25, 0.3) is 11.0 Å². The molecule has 2 aromatic rings. The average molecular weight is 359 g/mol. The molecule has 0 radical (unpaired) electrons. The molecule has 0 saturated carbocycles. The molecule has 6 nitrogen and oxygen atoms in total. The first-order valence-electron chi connectivity index (χ1n) is 9.19. The fourth-order valence-electron chi connectivity index (χ4n) is 3.55. The summed E-state index contributed by atoms with van der Waals surface area (Å²) in [4.78, 5) is 26.0. The number of phenols is 1. The van der Waals surface area contributed by atoms with Crippen LogP contribution >= 0.6 is 0 Å². The summed E-state index contributed by atoms with van der Waals surface area (Å²) in [6.45, 7) is 6.39. The Kier molecular flexibility index (Phi) is 5.61. The summed E-state index contributed by atoms with van der Waals surface area (Å²) < 4.78 is 10.4. The molecular weight excluding hydrogens is 334 g/mol. The number of phenolic OH excluding ortho intramolecular Hbond substituents is 1. The van der Waals surface area contributed by atoms with E-state index in [0.29, 0.717) is 25.2 Å². The highest BCUT2D eigenvalue weighted by molar-refractivity contribution is 5.82. The summed E-state index contributed by atoms with van der Waals surface area (Å²) in [5.41, 5.74) is 1.70. The minimum absolute atomic E-state index is 0.0348. The van der Waals surface area contributed by atoms with Crippen molar-refractivity contribution >= 4 is 16.9 Å². The Hall–Kier alpha value is -2.34. The minimum atomic E-state index is -0.419. The van der Waals surface area contributed by atoms with Crippen molar-refractivity contribution in [2.24, 2.45) is 5.92 Å². The zero-order chi connectivity index (χ0) is 18.7. The monoisotopic (exact) mass is 359 g/mol. The first kappa shape index (κ1) is 18.5. The van der Waals surface area contributed by atoms with Crippen LogP contribution in [0.1, 0.15) is 37.8 Å². The van der Waals surface area contributed by atoms with Gasteiger partial charge >= 0.3 is 11.6 Å². The maximum Gasteiger partial charge on any atom is 0.336 e. The third-order valence-electron chi connectivity index (χ3n) is 5.01. The summed E-state index contributed by atoms with van der Waals surface area (Å²) in [7, 11) is 0. The van der Waals surface area contributed by atoms with Crippen LogP contribution in [-0.4, -0.2) is 35.7 Å². The molecule has 26 heavy (non-hydrogen) atoms. The van der Waals surface area contributed by atoms with Gasteiger partial charge in [0.1, 0.15) is 11.3 Å². The molecule has 2 heterocycles. The number of nitrogens with zero attached hydrogens (tertiary/aromatic N) is 1. The van der Waals surface area contributed by atoms with E-state index in [1.807, 2.05) is 19.9 Å². The van der Waals surface area contributed by atoms with Crippen molar-refractivity contribution in [3.05, 3.63) is 39.7 Å². The second-order valence-corrected chi connectivity index (χ2v) is 6.72. The van der Waals surface area contributed by atoms with E-state index in [9.17, 15) is 14.7 Å². The number of aromatic hydroxyl groups is 1. The van der Waals surface area contributed by atoms with Crippen LogP contribution in [0.4, 0.5) is 0 Å². The van der Waals surface area contributed by atoms with Gasteiger partial charge in [0.05, 0.1) is 12.5 Å². The van der Waals surface area contributed by atoms with Crippen LogP contribution in [0.15, 0.2) is 27.4 Å². The number of rotatable bonds is 5. The zero-order valence-corrected chi connectivity index (χ0v) is 15.3. The van der Waals surface area contributed by atoms with Crippen molar-refractivity contribution in [3.8, 4) is 5.75 Å². The molecule has 1 aliphatic rings. The van der Waals surface area contributed by atoms with Crippen LogP contribution in [0.3, 0.4) is 0 Å². The molecule has 0 bridgehead atoms. The summed E-state index contributed by atoms with van der Waals surface area (Å²) in [5.74, 6) is 0.00370. The van der Waals surface area contributed by atoms with E-state index < -0.39 is 5.63 Å². The SMILES string of the molecule is CCOC(=O)C1CCN(Cc2cc(=O)oc3cc(O)c(CC)cc23)CC1. The van der Waals surface area contributed by atoms with Crippen LogP contribution < -0.4 is 5.63 Å². The Bertz CT molecular complexity index is 849. The van der Waals surface area contributed by atoms with Crippen molar-refractivity contribution in [1.29, 1.82) is 0 Å². The predicted octanol–water partition coefficient (Wildman–Crippen LogP) is 2.84. The number of carbonyl (C=O) groups is 1. The predicted molar refractivity (Wildman–Crippen MR) is 98.2 cm³/mol. The lowest BCUT2D eigenvalue weighted by atomic mass is 9.96. The van der Waals surface area contributed by atoms with Crippen LogP contribution in [0.5, 0.6) is 5.75 Å². The molecule has 3 rings (SSSR count). The number of piperidine rings is 1. The van der Waals surface area contributed by atoms with Gasteiger partial charge in [-0.2, -0.15) is 0 Å². The second-order valence-electron chi connectivity index (χ2n) is 6.72. The molecule has 1 aliphatic heterocycles. The summed E-state index contributed by atoms with van der Waals surface area (Å²) >= 11 is 0. The number of hydrogen-bond donors (Lipinski definition) is 1. The van der Waals surface area contributed by atoms with Crippen molar-refractivity contribution < 1.29 is 19.1 Å². The third-order valence-corrected chi connectivity index (χ3v) is 5.01. The number of carbonyl (C=O) groups excluding carboxylic acids is 1. The molecule has 140 valence electrons. The van der Waals surface area contributed by atoms with Gasteiger partial charge in [-0.15, -0.1) is 0 Å². The molecule has 1 fully saturated rings. The van der Waals surface area contributed by atoms with E-state index in [-0.39, 0.29) is 17.6 Å². The van der Waals surface area contributed by atoms with E-state index in [2.05, 4.69) is 4.90 Å². The van der Waals surface area contributed by atoms with Crippen molar-refractivity contribution in [2.75, 3.05) is 19.7 Å². The van der Waals surface area contributed by atoms with Crippen molar-refractivity contribution in [1.82, 2.24) is 4.90 Å². The Labute approximate surface area is 152 Å². The number of hydrogen-bond acceptors (Lipinski definition) is 6. The van der Waals surface area contributed by atoms with Gasteiger partial charge < -0.3 is 14.3 Å². The number of ether oxygens (including phenoxy) is 1. The lowest BCUT2D eigenvalue weighted by Crippen LogP contribution is -2.36. The highest BCUT2D eigenvalue weighted by Gasteiger charge is 2.26. The van der Waals surface area contributed by atoms with Crippen molar-refractivity contribution in [2.45, 2.75) is 39.7 Å². The first-order chi connectivity index (χ1) is 12.5. The summed E-state index contributed by atoms with van der Waals surface area (Å²) in [5, 5.41) is 10.9. The van der Waals surface area contributed by atoms with Crippen LogP contribution in [0, 0.1) is 5.92 Å². The Morgan fingerprint density at radius 1 is 1.23 bits per heavy atom. The molecule has 0 spiro atoms. The smallest absolute Gasteiger partial charge is 0.336 e. The number of likely N-dealkylation sites (tertiary alicyclic amines) is 1. The molecule has 0 unspecified atom stereocenters. The molecule has 1 aromatic heterocycles. The van der Waals surface area contributed by atoms with E-state index in [1.165, 1.54) is 12.1 Å². The summed E-state index contributed by atoms with van der Waals surface area (Å²) in [6, 6.07) is 4.94. The number of aryl methyl sites for hydroxylation is 1. The number of esters is 1. The Morgan fingerprint density at radius 3 is 2.62 bits per heavy atom. The Morgan fingerprint density at radius 2 is 1.96 bits per heavy atom. The normalized spacial score (nSPS) is 16.1. The average Bonchev–Trinajstić information content (AvgIpc) is 2.62. The number of fused-ring (bicyclic) bond motifs is 1. The van der Waals surface area contributed by atoms with Gasteiger partial charge in [0, 0.05) is 24.1 Å². The summed E-state index contributed by atoms with van der Waals surface area (Å²) in [6.07, 6.45) is 2.23. The highest BCUT2D eigenvalue weighted by atomic mass is 16.5. The molecular formula is C20H25NO5. The van der Waals surface area contributed by atoms with Crippen LogP contribution in [0.2, 0.25) is 0 Å². The Balaban J connectivity index is 1.79. The van der Waals surface area contributed by atoms with Gasteiger partial charge in [-0.25, -0.2) is 4.79 Å². The van der Waals surface area contributed by atoms with Gasteiger partial charge in [-0.05, 0) is 56.5 Å². The highest BCUT2D eigenvalue weighted by Crippen LogP contribution is 2.28. The molecule has 1 N–H and O–H groups in total. The van der Waals surface area contributed by atoms with Gasteiger partial charge in [0.2, 0.25) is 0 Å². The molecule has 0 aliphatic carbocycles. The van der Waals surface area contributed by atoms with E-state index in [0.717, 1.165) is 42.4 Å². The standard InChI is InChI=1S/C20H25NO5/c1-3-13-9-16-15(10-19(23)26-18(16)11-17(13)22)12-21-7-5-14(6-8-21)20(24)25-4-2/h9-11,14,22H,3-8,12H2,1-2H3. The maximum absolute atomic E-state index is 11.9. The minimum Gasteiger partial charge on any atom is -0.508 e. The zero-order valence-electron chi connectivity index (χ0n) is 15.3. The largest absolute Gasteiger partial charge is 0.508 e. The first-order valence-corrected chi connectivity index (χ1v) is 9.19. The second kappa shape index (κ2) is 7.91. The topological polar surface area (TPSA) is 80.0 Å². The van der Waals surface area contributed by atoms with Gasteiger partial charge in [-0.1, -0.05) is 6.92 Å². The van der Waals surface area contributed by atoms with Crippen LogP contribution in [-0.2, 0) is 22.5 Å². The van der Waals surface area contributed by atoms with Crippen molar-refractivity contribution in [3.63, 3.8) is 0 Å². The van der Waals surface area contributed by atoms with E-state index in [1.54, 1.807) is 0 Å². The molecule has 1 saturated heterocycles. The fraction of sp³-hybridized carbons (Fsp3) is 0.500. The quantitative estimate of drug-likeness (QED) is 0.653. The molecule has 0 atom stereocenters. The lowest BCUT2D eigenvalue weighted by Gasteiger charge is -2.31. The lowest BCUT2D eigenvalue weighted by molar-refractivity contribution is -0.149. The molecule has 6 heteroatoms. The van der Waals surface area contributed by atoms with Gasteiger partial charge in [-0.3, -0.25) is 9.69 Å². The van der Waals surface area contributed by atoms with Gasteiger partial charge in [0.25, 0.3) is 0 Å². The van der Waals surface area contributed by atoms with E-state index in [4.69, 9.17) is 9.15 Å².